The van der Waals surface area contributed by atoms with Gasteiger partial charge in [0.25, 0.3) is 5.91 Å². The molecule has 0 aliphatic heterocycles. The molecule has 3 aromatic heterocycles. The monoisotopic (exact) mass is 324 g/mol. The van der Waals surface area contributed by atoms with Crippen LogP contribution in [0.4, 0.5) is 0 Å². The number of pyridine rings is 1. The summed E-state index contributed by atoms with van der Waals surface area (Å²) in [5, 5.41) is 11.3. The Bertz CT molecular complexity index is 861. The van der Waals surface area contributed by atoms with E-state index >= 15 is 0 Å². The van der Waals surface area contributed by atoms with Gasteiger partial charge in [0, 0.05) is 24.6 Å². The van der Waals surface area contributed by atoms with Crippen molar-refractivity contribution in [1.82, 2.24) is 29.5 Å². The summed E-state index contributed by atoms with van der Waals surface area (Å²) in [6.07, 6.45) is 11.9. The van der Waals surface area contributed by atoms with Crippen LogP contribution in [0.15, 0.2) is 37.1 Å². The highest BCUT2D eigenvalue weighted by Crippen LogP contribution is 2.31. The molecule has 7 nitrogen and oxygen atoms in total. The predicted octanol–water partition coefficient (Wildman–Crippen LogP) is 2.53. The first-order chi connectivity index (χ1) is 11.7. The van der Waals surface area contributed by atoms with Crippen LogP contribution in [-0.4, -0.2) is 30.1 Å². The Hall–Kier alpha value is -2.70. The highest BCUT2D eigenvalue weighted by atomic mass is 16.1. The van der Waals surface area contributed by atoms with E-state index in [1.54, 1.807) is 24.8 Å². The molecule has 124 valence electrons. The molecule has 0 spiro atoms. The van der Waals surface area contributed by atoms with Gasteiger partial charge in [-0.15, -0.1) is 10.2 Å². The molecule has 0 bridgehead atoms. The average molecular weight is 324 g/mol. The van der Waals surface area contributed by atoms with Crippen LogP contribution >= 0.6 is 0 Å². The van der Waals surface area contributed by atoms with Gasteiger partial charge in [-0.2, -0.15) is 0 Å². The normalized spacial score (nSPS) is 16.5. The maximum absolute atomic E-state index is 12.5. The van der Waals surface area contributed by atoms with Crippen molar-refractivity contribution in [2.24, 2.45) is 0 Å². The molecule has 1 fully saturated rings. The number of nitrogens with zero attached hydrogens (tertiary/aromatic N) is 5. The molecule has 7 heteroatoms. The van der Waals surface area contributed by atoms with Crippen molar-refractivity contribution in [3.05, 3.63) is 48.4 Å². The van der Waals surface area contributed by atoms with Crippen LogP contribution in [-0.2, 0) is 0 Å². The molecule has 0 saturated heterocycles. The number of hydrogen-bond acceptors (Lipinski definition) is 4. The lowest BCUT2D eigenvalue weighted by Gasteiger charge is -2.18. The molecule has 1 saturated carbocycles. The summed E-state index contributed by atoms with van der Waals surface area (Å²) < 4.78 is 3.96. The number of amides is 1. The van der Waals surface area contributed by atoms with E-state index in [4.69, 9.17) is 0 Å². The van der Waals surface area contributed by atoms with E-state index in [9.17, 15) is 4.79 Å². The molecule has 1 aliphatic carbocycles. The van der Waals surface area contributed by atoms with Gasteiger partial charge in [0.1, 0.15) is 12.0 Å². The van der Waals surface area contributed by atoms with Gasteiger partial charge in [-0.1, -0.05) is 12.8 Å². The van der Waals surface area contributed by atoms with Crippen molar-refractivity contribution < 1.29 is 4.79 Å². The minimum absolute atomic E-state index is 0.126. The number of carbonyl (C=O) groups excluding carboxylic acids is 1. The fourth-order valence-corrected chi connectivity index (χ4v) is 3.42. The zero-order valence-electron chi connectivity index (χ0n) is 13.6. The second-order valence-corrected chi connectivity index (χ2v) is 6.34. The maximum Gasteiger partial charge on any atom is 0.253 e. The van der Waals surface area contributed by atoms with Crippen LogP contribution in [0.25, 0.3) is 5.65 Å². The number of imidazole rings is 1. The average Bonchev–Trinajstić information content (AvgIpc) is 3.32. The highest BCUT2D eigenvalue weighted by molar-refractivity contribution is 5.94. The lowest BCUT2D eigenvalue weighted by Crippen LogP contribution is -2.29. The largest absolute Gasteiger partial charge is 0.342 e. The number of aromatic nitrogens is 5. The standard InChI is InChI=1S/C17H20N6O/c1-12(16-21-19-11-23(16)14-4-2-3-5-14)20-17(24)13-6-7-15-18-8-9-22(15)10-13/h6-12,14H,2-5H2,1H3,(H,20,24). The predicted molar refractivity (Wildman–Crippen MR) is 88.6 cm³/mol. The fourth-order valence-electron chi connectivity index (χ4n) is 3.42. The summed E-state index contributed by atoms with van der Waals surface area (Å²) in [5.74, 6) is 0.693. The quantitative estimate of drug-likeness (QED) is 0.800. The van der Waals surface area contributed by atoms with E-state index in [-0.39, 0.29) is 11.9 Å². The van der Waals surface area contributed by atoms with Gasteiger partial charge in [0.05, 0.1) is 11.6 Å². The Balaban J connectivity index is 1.52. The molecule has 4 rings (SSSR count). The summed E-state index contributed by atoms with van der Waals surface area (Å²) in [6.45, 7) is 1.95. The first-order valence-electron chi connectivity index (χ1n) is 8.35. The Morgan fingerprint density at radius 3 is 3.00 bits per heavy atom. The van der Waals surface area contributed by atoms with Crippen molar-refractivity contribution in [2.75, 3.05) is 0 Å². The van der Waals surface area contributed by atoms with Crippen molar-refractivity contribution in [1.29, 1.82) is 0 Å². The van der Waals surface area contributed by atoms with E-state index in [2.05, 4.69) is 25.1 Å². The third-order valence-corrected chi connectivity index (χ3v) is 4.70. The van der Waals surface area contributed by atoms with Gasteiger partial charge in [0.15, 0.2) is 5.82 Å². The van der Waals surface area contributed by atoms with Crippen LogP contribution in [0.2, 0.25) is 0 Å². The minimum atomic E-state index is -0.195. The Morgan fingerprint density at radius 2 is 2.17 bits per heavy atom. The van der Waals surface area contributed by atoms with Gasteiger partial charge in [-0.25, -0.2) is 4.98 Å². The summed E-state index contributed by atoms with van der Waals surface area (Å²) in [5.41, 5.74) is 1.42. The molecule has 1 unspecified atom stereocenters. The molecule has 3 heterocycles. The molecule has 3 aromatic rings. The summed E-state index contributed by atoms with van der Waals surface area (Å²) >= 11 is 0. The van der Waals surface area contributed by atoms with E-state index in [0.29, 0.717) is 11.6 Å². The lowest BCUT2D eigenvalue weighted by molar-refractivity contribution is 0.0936. The third kappa shape index (κ3) is 2.66. The molecule has 1 N–H and O–H groups in total. The van der Waals surface area contributed by atoms with E-state index in [0.717, 1.165) is 24.3 Å². The van der Waals surface area contributed by atoms with Gasteiger partial charge in [0.2, 0.25) is 0 Å². The molecule has 1 aliphatic rings. The molecule has 1 atom stereocenters. The Morgan fingerprint density at radius 1 is 1.33 bits per heavy atom. The topological polar surface area (TPSA) is 77.1 Å². The second kappa shape index (κ2) is 6.07. The van der Waals surface area contributed by atoms with Crippen LogP contribution in [0.1, 0.15) is 60.9 Å². The number of fused-ring (bicyclic) bond motifs is 1. The fraction of sp³-hybridized carbons (Fsp3) is 0.412. The first-order valence-corrected chi connectivity index (χ1v) is 8.35. The minimum Gasteiger partial charge on any atom is -0.342 e. The van der Waals surface area contributed by atoms with E-state index in [1.165, 1.54) is 12.8 Å². The third-order valence-electron chi connectivity index (χ3n) is 4.70. The van der Waals surface area contributed by atoms with Gasteiger partial charge >= 0.3 is 0 Å². The SMILES string of the molecule is CC(NC(=O)c1ccc2nccn2c1)c1nncn1C1CCCC1. The number of hydrogen-bond donors (Lipinski definition) is 1. The molecular formula is C17H20N6O. The van der Waals surface area contributed by atoms with Crippen molar-refractivity contribution >= 4 is 11.6 Å². The van der Waals surface area contributed by atoms with Crippen LogP contribution in [0.3, 0.4) is 0 Å². The van der Waals surface area contributed by atoms with Gasteiger partial charge < -0.3 is 14.3 Å². The van der Waals surface area contributed by atoms with Crippen molar-refractivity contribution in [2.45, 2.75) is 44.7 Å². The molecule has 1 amide bonds. The van der Waals surface area contributed by atoms with Crippen molar-refractivity contribution in [3.8, 4) is 0 Å². The van der Waals surface area contributed by atoms with Gasteiger partial charge in [-0.05, 0) is 31.9 Å². The smallest absolute Gasteiger partial charge is 0.253 e. The zero-order valence-corrected chi connectivity index (χ0v) is 13.6. The molecule has 0 radical (unpaired) electrons. The van der Waals surface area contributed by atoms with Crippen LogP contribution in [0, 0.1) is 0 Å². The highest BCUT2D eigenvalue weighted by Gasteiger charge is 2.23. The Labute approximate surface area is 139 Å². The Kier molecular flexibility index (Phi) is 3.76. The maximum atomic E-state index is 12.5. The molecule has 24 heavy (non-hydrogen) atoms. The van der Waals surface area contributed by atoms with E-state index in [1.807, 2.05) is 23.6 Å². The van der Waals surface area contributed by atoms with Crippen LogP contribution in [0.5, 0.6) is 0 Å². The summed E-state index contributed by atoms with van der Waals surface area (Å²) in [4.78, 5) is 16.7. The number of nitrogens with one attached hydrogen (secondary N) is 1. The van der Waals surface area contributed by atoms with Crippen molar-refractivity contribution in [3.63, 3.8) is 0 Å². The summed E-state index contributed by atoms with van der Waals surface area (Å²) in [7, 11) is 0. The van der Waals surface area contributed by atoms with Crippen LogP contribution < -0.4 is 5.32 Å². The molecule has 0 aromatic carbocycles. The van der Waals surface area contributed by atoms with Gasteiger partial charge in [-0.3, -0.25) is 4.79 Å². The number of carbonyl (C=O) groups is 1. The lowest BCUT2D eigenvalue weighted by atomic mass is 10.2. The molecular weight excluding hydrogens is 304 g/mol. The van der Waals surface area contributed by atoms with E-state index < -0.39 is 0 Å². The zero-order chi connectivity index (χ0) is 16.5. The summed E-state index contributed by atoms with van der Waals surface area (Å²) in [6, 6.07) is 3.88. The number of rotatable bonds is 4. The second-order valence-electron chi connectivity index (χ2n) is 6.34. The first kappa shape index (κ1) is 14.9.